The fourth-order valence-electron chi connectivity index (χ4n) is 1.05. The number of pyridine rings is 1. The van der Waals surface area contributed by atoms with E-state index in [1.807, 2.05) is 12.1 Å². The second-order valence-corrected chi connectivity index (χ2v) is 3.90. The molecule has 0 atom stereocenters. The van der Waals surface area contributed by atoms with E-state index >= 15 is 0 Å². The Bertz CT molecular complexity index is 457. The SMILES string of the molecule is Cc1nnc(Sc2ccnc(CN)c2)o1. The second kappa shape index (κ2) is 4.41. The lowest BCUT2D eigenvalue weighted by atomic mass is 10.3. The van der Waals surface area contributed by atoms with E-state index in [9.17, 15) is 0 Å². The quantitative estimate of drug-likeness (QED) is 0.845. The highest BCUT2D eigenvalue weighted by Gasteiger charge is 2.05. The van der Waals surface area contributed by atoms with Crippen LogP contribution < -0.4 is 5.73 Å². The van der Waals surface area contributed by atoms with Gasteiger partial charge in [0.2, 0.25) is 5.89 Å². The van der Waals surface area contributed by atoms with Gasteiger partial charge >= 0.3 is 0 Å². The lowest BCUT2D eigenvalue weighted by Crippen LogP contribution is -1.98. The van der Waals surface area contributed by atoms with Crippen LogP contribution in [-0.4, -0.2) is 15.2 Å². The molecule has 2 aromatic heterocycles. The molecule has 2 aromatic rings. The van der Waals surface area contributed by atoms with E-state index in [1.54, 1.807) is 13.1 Å². The Morgan fingerprint density at radius 1 is 1.47 bits per heavy atom. The van der Waals surface area contributed by atoms with Crippen molar-refractivity contribution in [3.8, 4) is 0 Å². The summed E-state index contributed by atoms with van der Waals surface area (Å²) in [6, 6.07) is 3.79. The van der Waals surface area contributed by atoms with E-state index in [2.05, 4.69) is 15.2 Å². The Hall–Kier alpha value is -1.40. The van der Waals surface area contributed by atoms with Crippen LogP contribution in [0.15, 0.2) is 32.9 Å². The molecule has 0 aliphatic carbocycles. The first-order chi connectivity index (χ1) is 7.28. The normalized spacial score (nSPS) is 10.5. The van der Waals surface area contributed by atoms with E-state index in [0.29, 0.717) is 17.7 Å². The summed E-state index contributed by atoms with van der Waals surface area (Å²) >= 11 is 1.40. The van der Waals surface area contributed by atoms with Crippen molar-refractivity contribution in [2.24, 2.45) is 5.73 Å². The number of hydrogen-bond donors (Lipinski definition) is 1. The minimum atomic E-state index is 0.428. The van der Waals surface area contributed by atoms with Crippen LogP contribution in [0.5, 0.6) is 0 Å². The van der Waals surface area contributed by atoms with Gasteiger partial charge in [0, 0.05) is 24.6 Å². The van der Waals surface area contributed by atoms with E-state index in [-0.39, 0.29) is 0 Å². The summed E-state index contributed by atoms with van der Waals surface area (Å²) in [6.07, 6.45) is 1.72. The van der Waals surface area contributed by atoms with Crippen molar-refractivity contribution < 1.29 is 4.42 Å². The van der Waals surface area contributed by atoms with Gasteiger partial charge in [-0.25, -0.2) is 0 Å². The van der Waals surface area contributed by atoms with Crippen LogP contribution in [0, 0.1) is 6.92 Å². The van der Waals surface area contributed by atoms with Crippen molar-refractivity contribution in [1.29, 1.82) is 0 Å². The minimum Gasteiger partial charge on any atom is -0.416 e. The van der Waals surface area contributed by atoms with Crippen molar-refractivity contribution in [2.75, 3.05) is 0 Å². The molecule has 0 bridgehead atoms. The fourth-order valence-corrected chi connectivity index (χ4v) is 1.82. The maximum atomic E-state index is 5.49. The molecule has 0 aliphatic rings. The summed E-state index contributed by atoms with van der Waals surface area (Å²) in [5.41, 5.74) is 6.34. The van der Waals surface area contributed by atoms with E-state index in [4.69, 9.17) is 10.2 Å². The highest BCUT2D eigenvalue weighted by molar-refractivity contribution is 7.99. The van der Waals surface area contributed by atoms with E-state index < -0.39 is 0 Å². The van der Waals surface area contributed by atoms with Crippen molar-refractivity contribution in [3.05, 3.63) is 29.9 Å². The molecule has 0 spiro atoms. The average Bonchev–Trinajstić information content (AvgIpc) is 2.64. The zero-order valence-corrected chi connectivity index (χ0v) is 8.99. The monoisotopic (exact) mass is 222 g/mol. The molecule has 15 heavy (non-hydrogen) atoms. The van der Waals surface area contributed by atoms with Gasteiger partial charge < -0.3 is 10.2 Å². The zero-order valence-electron chi connectivity index (χ0n) is 8.17. The molecular weight excluding hydrogens is 212 g/mol. The molecule has 0 amide bonds. The molecule has 2 N–H and O–H groups in total. The van der Waals surface area contributed by atoms with Crippen LogP contribution in [0.2, 0.25) is 0 Å². The first-order valence-corrected chi connectivity index (χ1v) is 5.22. The van der Waals surface area contributed by atoms with Gasteiger partial charge in [-0.1, -0.05) is 0 Å². The summed E-state index contributed by atoms with van der Waals surface area (Å²) < 4.78 is 5.25. The largest absolute Gasteiger partial charge is 0.416 e. The Kier molecular flexibility index (Phi) is 2.98. The lowest BCUT2D eigenvalue weighted by Gasteiger charge is -1.98. The summed E-state index contributed by atoms with van der Waals surface area (Å²) in [5, 5.41) is 8.17. The fraction of sp³-hybridized carbons (Fsp3) is 0.222. The van der Waals surface area contributed by atoms with Crippen LogP contribution >= 0.6 is 11.8 Å². The second-order valence-electron chi connectivity index (χ2n) is 2.88. The topological polar surface area (TPSA) is 77.8 Å². The lowest BCUT2D eigenvalue weighted by molar-refractivity contribution is 0.429. The number of hydrogen-bond acceptors (Lipinski definition) is 6. The van der Waals surface area contributed by atoms with Gasteiger partial charge in [0.25, 0.3) is 5.22 Å². The van der Waals surface area contributed by atoms with Gasteiger partial charge in [-0.3, -0.25) is 4.98 Å². The van der Waals surface area contributed by atoms with Crippen LogP contribution in [0.3, 0.4) is 0 Å². The third kappa shape index (κ3) is 2.54. The highest BCUT2D eigenvalue weighted by atomic mass is 32.2. The molecule has 0 unspecified atom stereocenters. The first kappa shape index (κ1) is 10.1. The Morgan fingerprint density at radius 2 is 2.33 bits per heavy atom. The Labute approximate surface area is 91.1 Å². The summed E-state index contributed by atoms with van der Waals surface area (Å²) in [7, 11) is 0. The summed E-state index contributed by atoms with van der Waals surface area (Å²) in [4.78, 5) is 5.09. The Morgan fingerprint density at radius 3 is 3.00 bits per heavy atom. The van der Waals surface area contributed by atoms with Gasteiger partial charge in [0.05, 0.1) is 5.69 Å². The first-order valence-electron chi connectivity index (χ1n) is 4.41. The molecular formula is C9H10N4OS. The number of nitrogens with zero attached hydrogens (tertiary/aromatic N) is 3. The number of aromatic nitrogens is 3. The molecule has 6 heteroatoms. The average molecular weight is 222 g/mol. The van der Waals surface area contributed by atoms with Gasteiger partial charge in [0.1, 0.15) is 0 Å². The summed E-state index contributed by atoms with van der Waals surface area (Å²) in [5.74, 6) is 0.561. The Balaban J connectivity index is 2.16. The van der Waals surface area contributed by atoms with Crippen LogP contribution in [0.1, 0.15) is 11.6 Å². The van der Waals surface area contributed by atoms with Gasteiger partial charge in [0.15, 0.2) is 0 Å². The van der Waals surface area contributed by atoms with Crippen molar-refractivity contribution >= 4 is 11.8 Å². The molecule has 2 rings (SSSR count). The smallest absolute Gasteiger partial charge is 0.281 e. The number of rotatable bonds is 3. The molecule has 0 aromatic carbocycles. The molecule has 0 radical (unpaired) electrons. The summed E-state index contributed by atoms with van der Waals surface area (Å²) in [6.45, 7) is 2.19. The predicted octanol–water partition coefficient (Wildman–Crippen LogP) is 1.38. The van der Waals surface area contributed by atoms with E-state index in [0.717, 1.165) is 10.6 Å². The number of nitrogens with two attached hydrogens (primary N) is 1. The minimum absolute atomic E-state index is 0.428. The maximum Gasteiger partial charge on any atom is 0.281 e. The molecule has 0 saturated heterocycles. The van der Waals surface area contributed by atoms with Crippen molar-refractivity contribution in [3.63, 3.8) is 0 Å². The molecule has 0 aliphatic heterocycles. The van der Waals surface area contributed by atoms with Crippen molar-refractivity contribution in [1.82, 2.24) is 15.2 Å². The molecule has 2 heterocycles. The van der Waals surface area contributed by atoms with Crippen LogP contribution in [0.4, 0.5) is 0 Å². The van der Waals surface area contributed by atoms with E-state index in [1.165, 1.54) is 11.8 Å². The molecule has 0 fully saturated rings. The molecule has 0 saturated carbocycles. The zero-order chi connectivity index (χ0) is 10.7. The molecule has 5 nitrogen and oxygen atoms in total. The third-order valence-corrected chi connectivity index (χ3v) is 2.54. The maximum absolute atomic E-state index is 5.49. The van der Waals surface area contributed by atoms with Gasteiger partial charge in [-0.2, -0.15) is 0 Å². The molecule has 78 valence electrons. The van der Waals surface area contributed by atoms with Gasteiger partial charge in [-0.05, 0) is 23.9 Å². The van der Waals surface area contributed by atoms with Crippen molar-refractivity contribution in [2.45, 2.75) is 23.6 Å². The predicted molar refractivity (Wildman–Crippen MR) is 55.3 cm³/mol. The standard InChI is InChI=1S/C9H10N4OS/c1-6-12-13-9(14-6)15-8-2-3-11-7(4-8)5-10/h2-4H,5,10H2,1H3. The van der Waals surface area contributed by atoms with Gasteiger partial charge in [-0.15, -0.1) is 10.2 Å². The van der Waals surface area contributed by atoms with Crippen LogP contribution in [0.25, 0.3) is 0 Å². The highest BCUT2D eigenvalue weighted by Crippen LogP contribution is 2.25. The van der Waals surface area contributed by atoms with Crippen LogP contribution in [-0.2, 0) is 6.54 Å². The third-order valence-electron chi connectivity index (χ3n) is 1.71. The number of aryl methyl sites for hydroxylation is 1.